The molecular weight excluding hydrogens is 508 g/mol. The zero-order valence-corrected chi connectivity index (χ0v) is 23.8. The van der Waals surface area contributed by atoms with Gasteiger partial charge in [0.25, 0.3) is 0 Å². The van der Waals surface area contributed by atoms with E-state index in [2.05, 4.69) is 57.5 Å². The predicted octanol–water partition coefficient (Wildman–Crippen LogP) is 5.51. The van der Waals surface area contributed by atoms with Gasteiger partial charge in [0.15, 0.2) is 0 Å². The number of likely N-dealkylation sites (tertiary alicyclic amines) is 1. The minimum absolute atomic E-state index is 0.246. The van der Waals surface area contributed by atoms with E-state index in [4.69, 9.17) is 9.47 Å². The van der Waals surface area contributed by atoms with Crippen LogP contribution in [0.25, 0.3) is 11.0 Å². The van der Waals surface area contributed by atoms with Crippen molar-refractivity contribution < 1.29 is 14.6 Å². The van der Waals surface area contributed by atoms with Gasteiger partial charge in [-0.2, -0.15) is 16.7 Å². The maximum Gasteiger partial charge on any atom is 0.242 e. The molecule has 5 rings (SSSR count). The molecule has 0 amide bonds. The van der Waals surface area contributed by atoms with Gasteiger partial charge in [-0.05, 0) is 31.9 Å². The Balaban J connectivity index is 1.29. The number of aliphatic hydroxyl groups is 1. The van der Waals surface area contributed by atoms with Gasteiger partial charge in [0, 0.05) is 48.8 Å². The third-order valence-corrected chi connectivity index (χ3v) is 7.96. The first-order valence-electron chi connectivity index (χ1n) is 13.5. The van der Waals surface area contributed by atoms with Crippen molar-refractivity contribution in [3.8, 4) is 5.88 Å². The lowest BCUT2D eigenvalue weighted by Gasteiger charge is -2.21. The van der Waals surface area contributed by atoms with Crippen molar-refractivity contribution in [2.45, 2.75) is 58.1 Å². The first-order chi connectivity index (χ1) is 18.9. The molecule has 0 spiro atoms. The summed E-state index contributed by atoms with van der Waals surface area (Å²) >= 11 is 1.89. The molecule has 1 fully saturated rings. The van der Waals surface area contributed by atoms with Gasteiger partial charge in [-0.15, -0.1) is 0 Å². The Labute approximate surface area is 235 Å². The number of rotatable bonds is 11. The molecule has 4 aromatic rings. The number of nitrogens with zero attached hydrogens (tertiary/aromatic N) is 4. The van der Waals surface area contributed by atoms with E-state index in [9.17, 15) is 5.11 Å². The number of benzene rings is 2. The van der Waals surface area contributed by atoms with Crippen molar-refractivity contribution >= 4 is 22.8 Å². The van der Waals surface area contributed by atoms with Gasteiger partial charge in [0.1, 0.15) is 29.7 Å². The van der Waals surface area contributed by atoms with Gasteiger partial charge in [0.2, 0.25) is 5.88 Å². The smallest absolute Gasteiger partial charge is 0.242 e. The number of β-amino-alcohol motifs (C(OH)–C–C–N with tert-alkyl or cyclic N) is 1. The number of ether oxygens (including phenoxy) is 2. The Morgan fingerprint density at radius 1 is 0.974 bits per heavy atom. The molecule has 8 heteroatoms. The molecule has 1 aliphatic heterocycles. The van der Waals surface area contributed by atoms with Crippen molar-refractivity contribution in [2.75, 3.05) is 18.8 Å². The van der Waals surface area contributed by atoms with E-state index in [0.29, 0.717) is 32.3 Å². The molecule has 39 heavy (non-hydrogen) atoms. The molecule has 2 aromatic carbocycles. The molecule has 2 aromatic heterocycles. The van der Waals surface area contributed by atoms with Crippen LogP contribution in [0.4, 0.5) is 0 Å². The second-order valence-corrected chi connectivity index (χ2v) is 12.2. The number of aromatic nitrogens is 3. The fourth-order valence-corrected chi connectivity index (χ4v) is 6.14. The van der Waals surface area contributed by atoms with Crippen LogP contribution in [-0.4, -0.2) is 55.1 Å². The second kappa shape index (κ2) is 12.5. The average Bonchev–Trinajstić information content (AvgIpc) is 3.44. The van der Waals surface area contributed by atoms with Gasteiger partial charge < -0.3 is 19.1 Å². The Morgan fingerprint density at radius 3 is 2.41 bits per heavy atom. The molecule has 3 heterocycles. The number of fused-ring (bicyclic) bond motifs is 1. The number of hydrogen-bond acceptors (Lipinski definition) is 7. The monoisotopic (exact) mass is 546 g/mol. The van der Waals surface area contributed by atoms with Gasteiger partial charge in [-0.25, -0.2) is 4.98 Å². The summed E-state index contributed by atoms with van der Waals surface area (Å²) in [5.41, 5.74) is 4.83. The van der Waals surface area contributed by atoms with Crippen molar-refractivity contribution in [3.63, 3.8) is 0 Å². The highest BCUT2D eigenvalue weighted by atomic mass is 32.2. The zero-order valence-electron chi connectivity index (χ0n) is 23.0. The molecular formula is C31H38N4O3S. The Morgan fingerprint density at radius 2 is 1.69 bits per heavy atom. The first kappa shape index (κ1) is 27.6. The van der Waals surface area contributed by atoms with Crippen molar-refractivity contribution in [3.05, 3.63) is 89.9 Å². The summed E-state index contributed by atoms with van der Waals surface area (Å²) in [6.45, 7) is 9.14. The standard InChI is InChI=1S/C31H38N4O3S/c1-31(2,3)38-30-29-28(32-21-33-30)25(16-35(29)22-37-18-23-10-6-4-7-11-23)14-34-15-26(27(36)17-34)20-39-19-24-12-8-5-9-13-24/h4-13,16,21,26-27,36H,14-15,17-20,22H2,1-3H3/t26-,27-/m1/s1. The highest BCUT2D eigenvalue weighted by molar-refractivity contribution is 7.98. The molecule has 0 aliphatic carbocycles. The van der Waals surface area contributed by atoms with Crippen LogP contribution in [0.15, 0.2) is 73.2 Å². The Bertz CT molecular complexity index is 1340. The minimum Gasteiger partial charge on any atom is -0.470 e. The Hall–Kier alpha value is -2.91. The van der Waals surface area contributed by atoms with Crippen LogP contribution in [0.2, 0.25) is 0 Å². The summed E-state index contributed by atoms with van der Waals surface area (Å²) in [4.78, 5) is 11.5. The lowest BCUT2D eigenvalue weighted by atomic mass is 10.1. The molecule has 7 nitrogen and oxygen atoms in total. The van der Waals surface area contributed by atoms with E-state index >= 15 is 0 Å². The molecule has 0 bridgehead atoms. The molecule has 1 saturated heterocycles. The summed E-state index contributed by atoms with van der Waals surface area (Å²) in [7, 11) is 0. The molecule has 1 N–H and O–H groups in total. The molecule has 206 valence electrons. The summed E-state index contributed by atoms with van der Waals surface area (Å²) < 4.78 is 14.4. The third kappa shape index (κ3) is 7.39. The topological polar surface area (TPSA) is 72.6 Å². The van der Waals surface area contributed by atoms with Crippen LogP contribution in [0.5, 0.6) is 5.88 Å². The summed E-state index contributed by atoms with van der Waals surface area (Å²) in [5.74, 6) is 2.70. The van der Waals surface area contributed by atoms with Crippen molar-refractivity contribution in [1.82, 2.24) is 19.4 Å². The Kier molecular flexibility index (Phi) is 8.87. The first-order valence-corrected chi connectivity index (χ1v) is 14.7. The second-order valence-electron chi connectivity index (χ2n) is 11.2. The van der Waals surface area contributed by atoms with E-state index in [1.165, 1.54) is 5.56 Å². The van der Waals surface area contributed by atoms with E-state index < -0.39 is 5.60 Å². The van der Waals surface area contributed by atoms with E-state index in [1.807, 2.05) is 61.4 Å². The molecule has 2 atom stereocenters. The van der Waals surface area contributed by atoms with Crippen LogP contribution in [0.1, 0.15) is 37.5 Å². The van der Waals surface area contributed by atoms with E-state index in [1.54, 1.807) is 6.33 Å². The number of thioether (sulfide) groups is 1. The molecule has 0 saturated carbocycles. The fraction of sp³-hybridized carbons (Fsp3) is 0.419. The molecule has 1 aliphatic rings. The van der Waals surface area contributed by atoms with Gasteiger partial charge >= 0.3 is 0 Å². The highest BCUT2D eigenvalue weighted by Gasteiger charge is 2.32. The van der Waals surface area contributed by atoms with Crippen LogP contribution < -0.4 is 4.74 Å². The lowest BCUT2D eigenvalue weighted by Crippen LogP contribution is -2.24. The van der Waals surface area contributed by atoms with Crippen LogP contribution in [0.3, 0.4) is 0 Å². The summed E-state index contributed by atoms with van der Waals surface area (Å²) in [6.07, 6.45) is 3.35. The lowest BCUT2D eigenvalue weighted by molar-refractivity contribution is 0.0654. The highest BCUT2D eigenvalue weighted by Crippen LogP contribution is 2.31. The van der Waals surface area contributed by atoms with E-state index in [0.717, 1.165) is 40.2 Å². The van der Waals surface area contributed by atoms with Crippen LogP contribution in [-0.2, 0) is 30.4 Å². The molecule has 0 radical (unpaired) electrons. The zero-order chi connectivity index (χ0) is 27.2. The predicted molar refractivity (Wildman–Crippen MR) is 157 cm³/mol. The van der Waals surface area contributed by atoms with Gasteiger partial charge in [-0.3, -0.25) is 4.90 Å². The fourth-order valence-electron chi connectivity index (χ4n) is 4.97. The van der Waals surface area contributed by atoms with Crippen molar-refractivity contribution in [1.29, 1.82) is 0 Å². The molecule has 0 unspecified atom stereocenters. The van der Waals surface area contributed by atoms with Crippen LogP contribution >= 0.6 is 11.8 Å². The van der Waals surface area contributed by atoms with Crippen molar-refractivity contribution in [2.24, 2.45) is 5.92 Å². The quantitative estimate of drug-likeness (QED) is 0.266. The van der Waals surface area contributed by atoms with E-state index in [-0.39, 0.29) is 12.0 Å². The third-order valence-electron chi connectivity index (χ3n) is 6.76. The van der Waals surface area contributed by atoms with Gasteiger partial charge in [0.05, 0.1) is 12.7 Å². The normalized spacial score (nSPS) is 18.2. The van der Waals surface area contributed by atoms with Crippen LogP contribution in [0, 0.1) is 5.92 Å². The maximum atomic E-state index is 10.8. The summed E-state index contributed by atoms with van der Waals surface area (Å²) in [6, 6.07) is 20.7. The SMILES string of the molecule is CC(C)(C)Oc1ncnc2c(CN3C[C@H](CSCc4ccccc4)[C@H](O)C3)cn(COCc3ccccc3)c12. The number of aliphatic hydroxyl groups excluding tert-OH is 1. The van der Waals surface area contributed by atoms with Gasteiger partial charge in [-0.1, -0.05) is 60.7 Å². The largest absolute Gasteiger partial charge is 0.470 e. The maximum absolute atomic E-state index is 10.8. The summed E-state index contributed by atoms with van der Waals surface area (Å²) in [5, 5.41) is 10.8. The minimum atomic E-state index is -0.398. The number of hydrogen-bond donors (Lipinski definition) is 1. The average molecular weight is 547 g/mol.